The van der Waals surface area contributed by atoms with Gasteiger partial charge in [0.2, 0.25) is 0 Å². The molecule has 3 heteroatoms. The van der Waals surface area contributed by atoms with E-state index in [4.69, 9.17) is 4.52 Å². The standard InChI is InChI=1S/C12H11OP.ClH/c14-13-12-9-5-4-8-11(12)10-6-2-1-3-7-10;/h1-9H,14H2;1H. The van der Waals surface area contributed by atoms with E-state index in [2.05, 4.69) is 27.7 Å². The molecule has 0 aliphatic carbocycles. The monoisotopic (exact) mass is 238 g/mol. The van der Waals surface area contributed by atoms with Crippen LogP contribution in [0.15, 0.2) is 54.6 Å². The molecule has 0 saturated heterocycles. The molecule has 0 saturated carbocycles. The molecule has 0 fully saturated rings. The van der Waals surface area contributed by atoms with Gasteiger partial charge in [0.05, 0.1) is 9.47 Å². The highest BCUT2D eigenvalue weighted by Crippen LogP contribution is 2.30. The lowest BCUT2D eigenvalue weighted by Crippen LogP contribution is -1.81. The molecule has 78 valence electrons. The lowest BCUT2D eigenvalue weighted by molar-refractivity contribution is 0.648. The van der Waals surface area contributed by atoms with Crippen molar-refractivity contribution in [2.45, 2.75) is 0 Å². The minimum atomic E-state index is 0. The first-order valence-corrected chi connectivity index (χ1v) is 4.90. The summed E-state index contributed by atoms with van der Waals surface area (Å²) in [5.74, 6) is 0.878. The van der Waals surface area contributed by atoms with Crippen molar-refractivity contribution >= 4 is 21.9 Å². The van der Waals surface area contributed by atoms with E-state index in [0.717, 1.165) is 11.3 Å². The molecule has 2 aromatic rings. The Hall–Kier alpha value is -1.04. The van der Waals surface area contributed by atoms with Gasteiger partial charge in [0.25, 0.3) is 0 Å². The summed E-state index contributed by atoms with van der Waals surface area (Å²) in [5.41, 5.74) is 2.29. The largest absolute Gasteiger partial charge is 0.480 e. The average Bonchev–Trinajstić information content (AvgIpc) is 2.30. The molecule has 0 aromatic heterocycles. The summed E-state index contributed by atoms with van der Waals surface area (Å²) in [4.78, 5) is 0. The van der Waals surface area contributed by atoms with Crippen molar-refractivity contribution in [1.82, 2.24) is 0 Å². The minimum Gasteiger partial charge on any atom is -0.480 e. The first-order chi connectivity index (χ1) is 6.92. The highest BCUT2D eigenvalue weighted by atomic mass is 35.5. The third-order valence-corrected chi connectivity index (χ3v) is 2.35. The molecule has 15 heavy (non-hydrogen) atoms. The van der Waals surface area contributed by atoms with Crippen molar-refractivity contribution in [3.05, 3.63) is 54.6 Å². The van der Waals surface area contributed by atoms with Crippen molar-refractivity contribution < 1.29 is 4.52 Å². The molecule has 2 aromatic carbocycles. The fraction of sp³-hybridized carbons (Fsp3) is 0. The Morgan fingerprint density at radius 2 is 1.40 bits per heavy atom. The summed E-state index contributed by atoms with van der Waals surface area (Å²) in [5, 5.41) is 0. The van der Waals surface area contributed by atoms with Crippen molar-refractivity contribution in [1.29, 1.82) is 0 Å². The predicted octanol–water partition coefficient (Wildman–Crippen LogP) is 3.94. The van der Waals surface area contributed by atoms with E-state index in [1.54, 1.807) is 0 Å². The summed E-state index contributed by atoms with van der Waals surface area (Å²) in [6.45, 7) is 0. The molecular formula is C12H12ClOP. The number of halogens is 1. The van der Waals surface area contributed by atoms with E-state index in [1.807, 2.05) is 36.4 Å². The Morgan fingerprint density at radius 1 is 0.800 bits per heavy atom. The van der Waals surface area contributed by atoms with Crippen LogP contribution in [0.5, 0.6) is 5.75 Å². The zero-order valence-corrected chi connectivity index (χ0v) is 10.1. The Kier molecular flexibility index (Phi) is 4.61. The molecule has 0 radical (unpaired) electrons. The summed E-state index contributed by atoms with van der Waals surface area (Å²) < 4.78 is 5.22. The Bertz CT molecular complexity index is 417. The third kappa shape index (κ3) is 2.71. The summed E-state index contributed by atoms with van der Waals surface area (Å²) in [6.07, 6.45) is 0. The Morgan fingerprint density at radius 3 is 2.07 bits per heavy atom. The van der Waals surface area contributed by atoms with Gasteiger partial charge < -0.3 is 4.52 Å². The van der Waals surface area contributed by atoms with Crippen molar-refractivity contribution in [2.75, 3.05) is 0 Å². The Labute approximate surface area is 98.2 Å². The van der Waals surface area contributed by atoms with Crippen molar-refractivity contribution in [2.24, 2.45) is 0 Å². The maximum absolute atomic E-state index is 5.22. The highest BCUT2D eigenvalue weighted by Gasteiger charge is 2.02. The number of para-hydroxylation sites is 1. The molecule has 1 nitrogen and oxygen atoms in total. The molecule has 0 bridgehead atoms. The van der Waals surface area contributed by atoms with E-state index in [-0.39, 0.29) is 12.4 Å². The fourth-order valence-electron chi connectivity index (χ4n) is 1.43. The third-order valence-electron chi connectivity index (χ3n) is 2.10. The van der Waals surface area contributed by atoms with E-state index < -0.39 is 0 Å². The zero-order valence-electron chi connectivity index (χ0n) is 8.09. The van der Waals surface area contributed by atoms with Crippen molar-refractivity contribution in [3.8, 4) is 16.9 Å². The SMILES string of the molecule is Cl.POc1ccccc1-c1ccccc1. The van der Waals surface area contributed by atoms with E-state index in [0.29, 0.717) is 0 Å². The average molecular weight is 239 g/mol. The second kappa shape index (κ2) is 5.75. The Balaban J connectivity index is 0.00000112. The smallest absolute Gasteiger partial charge is 0.130 e. The maximum Gasteiger partial charge on any atom is 0.130 e. The number of hydrogen-bond acceptors (Lipinski definition) is 1. The summed E-state index contributed by atoms with van der Waals surface area (Å²) in [6, 6.07) is 18.2. The normalized spacial score (nSPS) is 9.13. The van der Waals surface area contributed by atoms with Crippen LogP contribution in [0, 0.1) is 0 Å². The van der Waals surface area contributed by atoms with E-state index in [9.17, 15) is 0 Å². The van der Waals surface area contributed by atoms with Crippen LogP contribution in [-0.2, 0) is 0 Å². The number of hydrogen-bond donors (Lipinski definition) is 0. The summed E-state index contributed by atoms with van der Waals surface area (Å²) in [7, 11) is 2.28. The molecule has 0 spiro atoms. The molecule has 0 aliphatic heterocycles. The van der Waals surface area contributed by atoms with Gasteiger partial charge in [-0.3, -0.25) is 0 Å². The quantitative estimate of drug-likeness (QED) is 0.720. The molecule has 0 aliphatic rings. The molecule has 0 amide bonds. The van der Waals surface area contributed by atoms with Gasteiger partial charge >= 0.3 is 0 Å². The van der Waals surface area contributed by atoms with Gasteiger partial charge in [-0.25, -0.2) is 0 Å². The van der Waals surface area contributed by atoms with Crippen LogP contribution in [0.3, 0.4) is 0 Å². The van der Waals surface area contributed by atoms with Crippen LogP contribution in [0.2, 0.25) is 0 Å². The first-order valence-electron chi connectivity index (χ1n) is 4.43. The minimum absolute atomic E-state index is 0. The number of rotatable bonds is 2. The van der Waals surface area contributed by atoms with Crippen LogP contribution < -0.4 is 4.52 Å². The zero-order chi connectivity index (χ0) is 9.80. The van der Waals surface area contributed by atoms with Gasteiger partial charge in [0, 0.05) is 5.56 Å². The van der Waals surface area contributed by atoms with Gasteiger partial charge in [-0.1, -0.05) is 48.5 Å². The van der Waals surface area contributed by atoms with E-state index in [1.165, 1.54) is 5.56 Å². The summed E-state index contributed by atoms with van der Waals surface area (Å²) >= 11 is 0. The fourth-order valence-corrected chi connectivity index (χ4v) is 1.63. The molecular weight excluding hydrogens is 227 g/mol. The topological polar surface area (TPSA) is 9.23 Å². The lowest BCUT2D eigenvalue weighted by atomic mass is 10.1. The van der Waals surface area contributed by atoms with E-state index >= 15 is 0 Å². The van der Waals surface area contributed by atoms with Crippen LogP contribution >= 0.6 is 21.9 Å². The predicted molar refractivity (Wildman–Crippen MR) is 69.5 cm³/mol. The van der Waals surface area contributed by atoms with Crippen LogP contribution in [-0.4, -0.2) is 0 Å². The second-order valence-corrected chi connectivity index (χ2v) is 3.22. The lowest BCUT2D eigenvalue weighted by Gasteiger charge is -2.07. The van der Waals surface area contributed by atoms with Crippen molar-refractivity contribution in [3.63, 3.8) is 0 Å². The second-order valence-electron chi connectivity index (χ2n) is 2.98. The van der Waals surface area contributed by atoms with Gasteiger partial charge in [0.15, 0.2) is 0 Å². The number of benzene rings is 2. The molecule has 2 rings (SSSR count). The van der Waals surface area contributed by atoms with Gasteiger partial charge in [0.1, 0.15) is 5.75 Å². The molecule has 0 N–H and O–H groups in total. The van der Waals surface area contributed by atoms with Crippen LogP contribution in [0.1, 0.15) is 0 Å². The molecule has 1 unspecified atom stereocenters. The van der Waals surface area contributed by atoms with Crippen LogP contribution in [0.4, 0.5) is 0 Å². The molecule has 1 atom stereocenters. The first kappa shape index (κ1) is 12.0. The highest BCUT2D eigenvalue weighted by molar-refractivity contribution is 7.10. The maximum atomic E-state index is 5.22. The molecule has 0 heterocycles. The van der Waals surface area contributed by atoms with Crippen LogP contribution in [0.25, 0.3) is 11.1 Å². The van der Waals surface area contributed by atoms with Gasteiger partial charge in [-0.15, -0.1) is 12.4 Å². The van der Waals surface area contributed by atoms with Gasteiger partial charge in [-0.05, 0) is 11.6 Å². The van der Waals surface area contributed by atoms with Gasteiger partial charge in [-0.2, -0.15) is 0 Å².